The van der Waals surface area contributed by atoms with Crippen molar-refractivity contribution < 1.29 is 0 Å². The van der Waals surface area contributed by atoms with Gasteiger partial charge in [-0.1, -0.05) is 134 Å². The van der Waals surface area contributed by atoms with Crippen molar-refractivity contribution in [3.05, 3.63) is 229 Å². The molecule has 7 heterocycles. The summed E-state index contributed by atoms with van der Waals surface area (Å²) in [6.07, 6.45) is 14.3. The Hall–Kier alpha value is -8.22. The Morgan fingerprint density at radius 2 is 0.758 bits per heavy atom. The standard InChI is InChI=1S/C60H38BN5/c1-4-17-35(18-5-1)62-50-33-44-42-27-14-25-40-38-23-10-12-29-46(38)65(55(40)42)57(44)59-53(50)61-52-48(63(59)36-19-6-2-7-20-36)31-16-32-49(52)64(37-21-8-3-9-22-37)60-54(61)51(62)34-45-43-28-15-26-41-39-24-11-13-30-47(39)66(56(41)43)58(45)60/h1-34,42-43,55-56H. The van der Waals surface area contributed by atoms with Gasteiger partial charge in [-0.25, -0.2) is 0 Å². The maximum Gasteiger partial charge on any atom is 0.257 e. The Labute approximate surface area is 383 Å². The van der Waals surface area contributed by atoms with Gasteiger partial charge < -0.3 is 24.5 Å². The number of benzene rings is 8. The predicted molar refractivity (Wildman–Crippen MR) is 273 cm³/mol. The molecule has 17 rings (SSSR count). The number of anilines is 13. The van der Waals surface area contributed by atoms with Crippen molar-refractivity contribution in [3.8, 4) is 0 Å². The molecule has 4 atom stereocenters. The van der Waals surface area contributed by atoms with Gasteiger partial charge in [0.1, 0.15) is 0 Å². The average Bonchev–Trinajstić information content (AvgIpc) is 4.11. The summed E-state index contributed by atoms with van der Waals surface area (Å²) in [5.41, 5.74) is 28.8. The van der Waals surface area contributed by atoms with E-state index < -0.39 is 0 Å². The van der Waals surface area contributed by atoms with Crippen LogP contribution in [0.4, 0.5) is 73.9 Å². The van der Waals surface area contributed by atoms with E-state index in [1.54, 1.807) is 0 Å². The molecule has 7 aliphatic heterocycles. The molecule has 8 aromatic carbocycles. The highest BCUT2D eigenvalue weighted by molar-refractivity contribution is 7.03. The number of rotatable bonds is 3. The number of hydrogen-bond donors (Lipinski definition) is 0. The average molecular weight is 840 g/mol. The molecule has 2 aliphatic carbocycles. The minimum atomic E-state index is -0.0428. The fourth-order valence-electron chi connectivity index (χ4n) is 14.0. The van der Waals surface area contributed by atoms with Gasteiger partial charge in [-0.15, -0.1) is 0 Å². The quantitative estimate of drug-likeness (QED) is 0.164. The molecule has 0 bridgehead atoms. The molecule has 306 valence electrons. The second kappa shape index (κ2) is 11.9. The lowest BCUT2D eigenvalue weighted by Gasteiger charge is -2.50. The van der Waals surface area contributed by atoms with E-state index in [0.717, 1.165) is 0 Å². The molecule has 66 heavy (non-hydrogen) atoms. The van der Waals surface area contributed by atoms with Crippen LogP contribution in [0, 0.1) is 0 Å². The lowest BCUT2D eigenvalue weighted by Crippen LogP contribution is -2.65. The van der Waals surface area contributed by atoms with Gasteiger partial charge in [0.25, 0.3) is 6.71 Å². The summed E-state index contributed by atoms with van der Waals surface area (Å²) in [6, 6.07) is 64.5. The van der Waals surface area contributed by atoms with Gasteiger partial charge in [-0.3, -0.25) is 0 Å². The molecule has 0 spiro atoms. The second-order valence-corrected chi connectivity index (χ2v) is 19.1. The van der Waals surface area contributed by atoms with Crippen molar-refractivity contribution in [2.24, 2.45) is 0 Å². The van der Waals surface area contributed by atoms with E-state index in [-0.39, 0.29) is 30.6 Å². The van der Waals surface area contributed by atoms with Crippen LogP contribution in [-0.2, 0) is 0 Å². The van der Waals surface area contributed by atoms with Crippen LogP contribution in [0.15, 0.2) is 206 Å². The maximum atomic E-state index is 2.72. The lowest BCUT2D eigenvalue weighted by atomic mass is 9.31. The van der Waals surface area contributed by atoms with Gasteiger partial charge in [0, 0.05) is 74.1 Å². The Kier molecular flexibility index (Phi) is 6.18. The molecule has 4 unspecified atom stereocenters. The summed E-state index contributed by atoms with van der Waals surface area (Å²) in [5.74, 6) is 0.386. The van der Waals surface area contributed by atoms with Gasteiger partial charge >= 0.3 is 0 Å². The van der Waals surface area contributed by atoms with Crippen LogP contribution in [-0.4, -0.2) is 18.8 Å². The third kappa shape index (κ3) is 3.88. The topological polar surface area (TPSA) is 16.2 Å². The minimum absolute atomic E-state index is 0.0428. The molecule has 0 radical (unpaired) electrons. The normalized spacial score (nSPS) is 21.2. The van der Waals surface area contributed by atoms with Gasteiger partial charge in [-0.2, -0.15) is 0 Å². The Morgan fingerprint density at radius 3 is 1.23 bits per heavy atom. The monoisotopic (exact) mass is 839 g/mol. The zero-order valence-electron chi connectivity index (χ0n) is 35.8. The van der Waals surface area contributed by atoms with Crippen molar-refractivity contribution in [1.29, 1.82) is 0 Å². The van der Waals surface area contributed by atoms with Gasteiger partial charge in [-0.05, 0) is 111 Å². The first-order valence-electron chi connectivity index (χ1n) is 23.5. The minimum Gasteiger partial charge on any atom is -0.330 e. The van der Waals surface area contributed by atoms with Crippen LogP contribution in [0.25, 0.3) is 11.1 Å². The SMILES string of the molecule is C1=CC2c3cc4c5c(c3N3c6ccccc6C(=C1)C23)N(c1ccccc1)c1cccc2c1B5c1c(cc3c(c1N2c1ccccc1)N1c2ccccc2C2=CC=CC3C21)N4c1ccccc1. The van der Waals surface area contributed by atoms with Gasteiger partial charge in [0.15, 0.2) is 0 Å². The van der Waals surface area contributed by atoms with E-state index in [0.29, 0.717) is 0 Å². The van der Waals surface area contributed by atoms with Crippen molar-refractivity contribution >= 4 is 108 Å². The van der Waals surface area contributed by atoms with Crippen molar-refractivity contribution in [2.75, 3.05) is 24.5 Å². The third-order valence-corrected chi connectivity index (χ3v) is 16.2. The molecule has 6 heteroatoms. The van der Waals surface area contributed by atoms with Crippen molar-refractivity contribution in [2.45, 2.75) is 23.9 Å². The van der Waals surface area contributed by atoms with Crippen LogP contribution in [0.2, 0.25) is 0 Å². The summed E-state index contributed by atoms with van der Waals surface area (Å²) < 4.78 is 0. The number of allylic oxidation sites excluding steroid dienone is 4. The van der Waals surface area contributed by atoms with Gasteiger partial charge in [0.2, 0.25) is 0 Å². The smallest absolute Gasteiger partial charge is 0.257 e. The molecular formula is C60H38BN5. The molecule has 0 saturated heterocycles. The third-order valence-electron chi connectivity index (χ3n) is 16.2. The molecule has 0 aromatic heterocycles. The summed E-state index contributed by atoms with van der Waals surface area (Å²) in [4.78, 5) is 13.4. The largest absolute Gasteiger partial charge is 0.330 e. The highest BCUT2D eigenvalue weighted by Gasteiger charge is 2.58. The zero-order chi connectivity index (χ0) is 42.5. The summed E-state index contributed by atoms with van der Waals surface area (Å²) >= 11 is 0. The highest BCUT2D eigenvalue weighted by Crippen LogP contribution is 2.66. The first-order valence-corrected chi connectivity index (χ1v) is 23.5. The second-order valence-electron chi connectivity index (χ2n) is 19.1. The molecular weight excluding hydrogens is 802 g/mol. The Balaban J connectivity index is 1.07. The molecule has 0 fully saturated rings. The van der Waals surface area contributed by atoms with Crippen molar-refractivity contribution in [1.82, 2.24) is 0 Å². The summed E-state index contributed by atoms with van der Waals surface area (Å²) in [7, 11) is 0. The lowest BCUT2D eigenvalue weighted by molar-refractivity contribution is 0.781. The van der Waals surface area contributed by atoms with Crippen LogP contribution in [0.5, 0.6) is 0 Å². The van der Waals surface area contributed by atoms with Crippen LogP contribution in [0.3, 0.4) is 0 Å². The summed E-state index contributed by atoms with van der Waals surface area (Å²) in [6.45, 7) is -0.0428. The van der Waals surface area contributed by atoms with E-state index >= 15 is 0 Å². The number of hydrogen-bond acceptors (Lipinski definition) is 5. The Morgan fingerprint density at radius 1 is 0.348 bits per heavy atom. The molecule has 8 aromatic rings. The molecule has 0 N–H and O–H groups in total. The van der Waals surface area contributed by atoms with E-state index in [1.807, 2.05) is 0 Å². The first kappa shape index (κ1) is 34.2. The molecule has 9 aliphatic rings. The van der Waals surface area contributed by atoms with Crippen LogP contribution in [0.1, 0.15) is 34.1 Å². The van der Waals surface area contributed by atoms with Gasteiger partial charge in [0.05, 0.1) is 34.8 Å². The number of para-hydroxylation sites is 5. The zero-order valence-corrected chi connectivity index (χ0v) is 35.8. The number of nitrogens with zero attached hydrogens (tertiary/aromatic N) is 5. The fraction of sp³-hybridized carbons (Fsp3) is 0.0667. The first-order chi connectivity index (χ1) is 32.8. The highest BCUT2D eigenvalue weighted by atomic mass is 15.3. The van der Waals surface area contributed by atoms with E-state index in [9.17, 15) is 0 Å². The summed E-state index contributed by atoms with van der Waals surface area (Å²) in [5, 5.41) is 0. The van der Waals surface area contributed by atoms with E-state index in [4.69, 9.17) is 0 Å². The number of fused-ring (bicyclic) bond motifs is 14. The predicted octanol–water partition coefficient (Wildman–Crippen LogP) is 12.7. The van der Waals surface area contributed by atoms with E-state index in [2.05, 4.69) is 231 Å². The maximum absolute atomic E-state index is 2.72. The van der Waals surface area contributed by atoms with Crippen molar-refractivity contribution in [3.63, 3.8) is 0 Å². The van der Waals surface area contributed by atoms with E-state index in [1.165, 1.54) is 124 Å². The van der Waals surface area contributed by atoms with Crippen LogP contribution >= 0.6 is 0 Å². The molecule has 5 nitrogen and oxygen atoms in total. The Bertz CT molecular complexity index is 3450. The van der Waals surface area contributed by atoms with Crippen LogP contribution < -0.4 is 40.9 Å². The molecule has 0 amide bonds. The molecule has 0 saturated carbocycles. The fourth-order valence-corrected chi connectivity index (χ4v) is 14.0.